The molecule has 21 heavy (non-hydrogen) atoms. The normalized spacial score (nSPS) is 11.3. The van der Waals surface area contributed by atoms with Crippen molar-refractivity contribution >= 4 is 33.5 Å². The largest absolute Gasteiger partial charge is 0.299 e. The van der Waals surface area contributed by atoms with Gasteiger partial charge >= 0.3 is 0 Å². The lowest BCUT2D eigenvalue weighted by atomic mass is 10.2. The summed E-state index contributed by atoms with van der Waals surface area (Å²) in [6.07, 6.45) is 0. The number of fused-ring (bicyclic) bond motifs is 3. The lowest BCUT2D eigenvalue weighted by Crippen LogP contribution is -2.14. The molecule has 2 aromatic carbocycles. The van der Waals surface area contributed by atoms with Crippen molar-refractivity contribution in [3.63, 3.8) is 0 Å². The van der Waals surface area contributed by atoms with E-state index in [9.17, 15) is 4.79 Å². The van der Waals surface area contributed by atoms with E-state index in [2.05, 4.69) is 15.3 Å². The Hall–Kier alpha value is -2.66. The van der Waals surface area contributed by atoms with Crippen LogP contribution in [0.3, 0.4) is 0 Å². The number of para-hydroxylation sites is 1. The summed E-state index contributed by atoms with van der Waals surface area (Å²) in [6, 6.07) is 14.6. The van der Waals surface area contributed by atoms with Crippen LogP contribution in [0.1, 0.15) is 0 Å². The molecule has 102 valence electrons. The Bertz CT molecular complexity index is 1020. The van der Waals surface area contributed by atoms with Crippen LogP contribution in [0.5, 0.6) is 0 Å². The summed E-state index contributed by atoms with van der Waals surface area (Å²) in [5, 5.41) is 12.6. The molecule has 0 bridgehead atoms. The van der Waals surface area contributed by atoms with Crippen LogP contribution < -0.4 is 5.56 Å². The Kier molecular flexibility index (Phi) is 2.55. The molecule has 0 saturated carbocycles. The van der Waals surface area contributed by atoms with E-state index >= 15 is 0 Å². The Morgan fingerprint density at radius 1 is 1.05 bits per heavy atom. The van der Waals surface area contributed by atoms with Gasteiger partial charge in [-0.1, -0.05) is 29.8 Å². The van der Waals surface area contributed by atoms with Crippen molar-refractivity contribution in [3.05, 3.63) is 63.9 Å². The van der Waals surface area contributed by atoms with E-state index in [-0.39, 0.29) is 5.56 Å². The fraction of sp³-hybridized carbons (Fsp3) is 0. The summed E-state index contributed by atoms with van der Waals surface area (Å²) in [7, 11) is 0. The molecule has 0 amide bonds. The first-order valence-corrected chi connectivity index (χ1v) is 6.74. The van der Waals surface area contributed by atoms with Crippen molar-refractivity contribution in [2.75, 3.05) is 0 Å². The average molecular weight is 297 g/mol. The van der Waals surface area contributed by atoms with E-state index in [0.29, 0.717) is 21.6 Å². The number of hydrogen-bond acceptors (Lipinski definition) is 3. The molecule has 0 atom stereocenters. The number of benzene rings is 2. The Balaban J connectivity index is 2.13. The molecule has 2 aromatic heterocycles. The van der Waals surface area contributed by atoms with Crippen LogP contribution in [-0.4, -0.2) is 20.0 Å². The van der Waals surface area contributed by atoms with Gasteiger partial charge in [0.05, 0.1) is 16.7 Å². The first kappa shape index (κ1) is 12.1. The second-order valence-electron chi connectivity index (χ2n) is 4.67. The van der Waals surface area contributed by atoms with Gasteiger partial charge in [-0.2, -0.15) is 0 Å². The van der Waals surface area contributed by atoms with Gasteiger partial charge < -0.3 is 0 Å². The lowest BCUT2D eigenvalue weighted by Gasteiger charge is -2.00. The van der Waals surface area contributed by atoms with E-state index < -0.39 is 0 Å². The van der Waals surface area contributed by atoms with Gasteiger partial charge in [-0.15, -0.1) is 10.2 Å². The Morgan fingerprint density at radius 2 is 1.86 bits per heavy atom. The minimum atomic E-state index is -0.231. The molecule has 4 aromatic rings. The summed E-state index contributed by atoms with van der Waals surface area (Å²) in [6.45, 7) is 0. The molecule has 0 spiro atoms. The SMILES string of the molecule is O=c1c2nnc3ccc(Cl)cc3c2[nH]n1-c1ccccc1. The predicted octanol–water partition coefficient (Wildman–Crippen LogP) is 2.92. The summed E-state index contributed by atoms with van der Waals surface area (Å²) < 4.78 is 1.46. The molecule has 6 heteroatoms. The maximum atomic E-state index is 12.5. The van der Waals surface area contributed by atoms with Gasteiger partial charge in [-0.05, 0) is 30.3 Å². The van der Waals surface area contributed by atoms with E-state index in [0.717, 1.165) is 11.1 Å². The number of nitrogens with one attached hydrogen (secondary N) is 1. The van der Waals surface area contributed by atoms with Crippen molar-refractivity contribution in [3.8, 4) is 5.69 Å². The highest BCUT2D eigenvalue weighted by atomic mass is 35.5. The second-order valence-corrected chi connectivity index (χ2v) is 5.11. The molecule has 2 heterocycles. The monoisotopic (exact) mass is 296 g/mol. The third-order valence-corrected chi connectivity index (χ3v) is 3.60. The number of rotatable bonds is 1. The van der Waals surface area contributed by atoms with Crippen molar-refractivity contribution < 1.29 is 0 Å². The number of hydrogen-bond donors (Lipinski definition) is 1. The Morgan fingerprint density at radius 3 is 2.67 bits per heavy atom. The molecule has 0 unspecified atom stereocenters. The molecule has 0 radical (unpaired) electrons. The summed E-state index contributed by atoms with van der Waals surface area (Å²) >= 11 is 6.04. The van der Waals surface area contributed by atoms with Crippen LogP contribution in [-0.2, 0) is 0 Å². The van der Waals surface area contributed by atoms with Crippen LogP contribution in [0.15, 0.2) is 53.3 Å². The maximum Gasteiger partial charge on any atom is 0.299 e. The minimum absolute atomic E-state index is 0.231. The summed E-state index contributed by atoms with van der Waals surface area (Å²) in [4.78, 5) is 12.5. The van der Waals surface area contributed by atoms with Crippen LogP contribution in [0.4, 0.5) is 0 Å². The first-order valence-electron chi connectivity index (χ1n) is 6.36. The first-order chi connectivity index (χ1) is 10.2. The van der Waals surface area contributed by atoms with E-state index in [1.807, 2.05) is 30.3 Å². The average Bonchev–Trinajstić information content (AvgIpc) is 2.86. The molecular formula is C15H9ClN4O. The van der Waals surface area contributed by atoms with Gasteiger partial charge in [-0.25, -0.2) is 4.68 Å². The highest BCUT2D eigenvalue weighted by molar-refractivity contribution is 6.31. The molecule has 0 saturated heterocycles. The smallest absolute Gasteiger partial charge is 0.288 e. The van der Waals surface area contributed by atoms with E-state index in [4.69, 9.17) is 11.6 Å². The summed E-state index contributed by atoms with van der Waals surface area (Å²) in [5.41, 5.74) is 2.14. The lowest BCUT2D eigenvalue weighted by molar-refractivity contribution is 0.863. The van der Waals surface area contributed by atoms with Crippen LogP contribution in [0.25, 0.3) is 27.6 Å². The van der Waals surface area contributed by atoms with Gasteiger partial charge in [0.25, 0.3) is 5.56 Å². The third-order valence-electron chi connectivity index (χ3n) is 3.37. The maximum absolute atomic E-state index is 12.5. The Labute approximate surface area is 123 Å². The molecule has 0 aliphatic rings. The fourth-order valence-corrected chi connectivity index (χ4v) is 2.54. The topological polar surface area (TPSA) is 63.6 Å². The molecule has 0 aliphatic carbocycles. The van der Waals surface area contributed by atoms with Crippen molar-refractivity contribution in [1.29, 1.82) is 0 Å². The number of nitrogens with zero attached hydrogens (tertiary/aromatic N) is 3. The van der Waals surface area contributed by atoms with Gasteiger partial charge in [0.1, 0.15) is 0 Å². The van der Waals surface area contributed by atoms with E-state index in [1.54, 1.807) is 18.2 Å². The fourth-order valence-electron chi connectivity index (χ4n) is 2.37. The number of H-pyrrole nitrogens is 1. The highest BCUT2D eigenvalue weighted by Gasteiger charge is 2.13. The number of aromatic nitrogens is 4. The van der Waals surface area contributed by atoms with E-state index in [1.165, 1.54) is 4.68 Å². The third kappa shape index (κ3) is 1.82. The van der Waals surface area contributed by atoms with Crippen molar-refractivity contribution in [2.24, 2.45) is 0 Å². The molecule has 4 rings (SSSR count). The molecule has 1 N–H and O–H groups in total. The standard InChI is InChI=1S/C15H9ClN4O/c16-9-6-7-12-11(8-9)13-14(18-17-12)15(21)20(19-13)10-4-2-1-3-5-10/h1-8,19H. The van der Waals surface area contributed by atoms with Gasteiger partial charge in [0.2, 0.25) is 0 Å². The summed E-state index contributed by atoms with van der Waals surface area (Å²) in [5.74, 6) is 0. The van der Waals surface area contributed by atoms with Crippen LogP contribution in [0.2, 0.25) is 5.02 Å². The van der Waals surface area contributed by atoms with Gasteiger partial charge in [-0.3, -0.25) is 9.89 Å². The van der Waals surface area contributed by atoms with Gasteiger partial charge in [0, 0.05) is 10.4 Å². The quantitative estimate of drug-likeness (QED) is 0.587. The minimum Gasteiger partial charge on any atom is -0.288 e. The molecule has 0 aliphatic heterocycles. The zero-order valence-electron chi connectivity index (χ0n) is 10.7. The highest BCUT2D eigenvalue weighted by Crippen LogP contribution is 2.22. The number of aromatic amines is 1. The van der Waals surface area contributed by atoms with Crippen LogP contribution in [0, 0.1) is 0 Å². The zero-order chi connectivity index (χ0) is 14.4. The molecular weight excluding hydrogens is 288 g/mol. The van der Waals surface area contributed by atoms with Gasteiger partial charge in [0.15, 0.2) is 5.52 Å². The second kappa shape index (κ2) is 4.43. The number of halogens is 1. The molecule has 0 fully saturated rings. The van der Waals surface area contributed by atoms with Crippen LogP contribution >= 0.6 is 11.6 Å². The zero-order valence-corrected chi connectivity index (χ0v) is 11.5. The predicted molar refractivity (Wildman–Crippen MR) is 82.0 cm³/mol. The van der Waals surface area contributed by atoms with Crippen molar-refractivity contribution in [1.82, 2.24) is 20.0 Å². The molecule has 5 nitrogen and oxygen atoms in total. The van der Waals surface area contributed by atoms with Crippen molar-refractivity contribution in [2.45, 2.75) is 0 Å².